The Hall–Kier alpha value is -2.96. The molecule has 4 saturated heterocycles. The van der Waals surface area contributed by atoms with Crippen LogP contribution in [-0.4, -0.2) is 78.4 Å². The summed E-state index contributed by atoms with van der Waals surface area (Å²) >= 11 is 0. The summed E-state index contributed by atoms with van der Waals surface area (Å²) in [6.07, 6.45) is 4.41. The maximum absolute atomic E-state index is 13.5. The third-order valence-electron chi connectivity index (χ3n) is 8.62. The zero-order chi connectivity index (χ0) is 27.7. The van der Waals surface area contributed by atoms with Crippen LogP contribution >= 0.6 is 0 Å². The van der Waals surface area contributed by atoms with Crippen molar-refractivity contribution in [2.45, 2.75) is 75.8 Å². The summed E-state index contributed by atoms with van der Waals surface area (Å²) in [5.41, 5.74) is 1.16. The molecule has 216 valence electrons. The Bertz CT molecular complexity index is 1290. The molecule has 1 aromatic carbocycles. The van der Waals surface area contributed by atoms with Gasteiger partial charge in [0.1, 0.15) is 12.7 Å². The van der Waals surface area contributed by atoms with E-state index < -0.39 is 10.0 Å². The number of aromatic nitrogens is 1. The van der Waals surface area contributed by atoms with Gasteiger partial charge in [-0.05, 0) is 50.0 Å². The average Bonchev–Trinajstić information content (AvgIpc) is 3.50. The molecular weight excluding hydrogens is 536 g/mol. The lowest BCUT2D eigenvalue weighted by Gasteiger charge is -2.39. The lowest BCUT2D eigenvalue weighted by atomic mass is 9.99. The molecule has 1 N–H and O–H groups in total. The van der Waals surface area contributed by atoms with Gasteiger partial charge in [-0.1, -0.05) is 35.5 Å². The van der Waals surface area contributed by atoms with E-state index in [1.165, 1.54) is 0 Å². The second-order valence-electron chi connectivity index (χ2n) is 11.4. The molecule has 2 amide bonds. The first-order valence-electron chi connectivity index (χ1n) is 14.2. The van der Waals surface area contributed by atoms with Gasteiger partial charge < -0.3 is 24.2 Å². The number of rotatable bonds is 8. The predicted molar refractivity (Wildman–Crippen MR) is 144 cm³/mol. The average molecular weight is 573 g/mol. The maximum atomic E-state index is 13.5. The van der Waals surface area contributed by atoms with Crippen molar-refractivity contribution in [1.29, 1.82) is 0 Å². The van der Waals surface area contributed by atoms with Gasteiger partial charge in [-0.15, -0.1) is 0 Å². The van der Waals surface area contributed by atoms with Gasteiger partial charge >= 0.3 is 6.09 Å². The van der Waals surface area contributed by atoms with Gasteiger partial charge in [0, 0.05) is 43.7 Å². The van der Waals surface area contributed by atoms with E-state index in [0.29, 0.717) is 51.1 Å². The molecule has 5 heterocycles. The number of piperidine rings is 2. The lowest BCUT2D eigenvalue weighted by Crippen LogP contribution is -2.53. The third-order valence-corrected chi connectivity index (χ3v) is 10.8. The minimum atomic E-state index is -3.46. The number of nitrogens with one attached hydrogen (secondary N) is 1. The number of fused-ring (bicyclic) bond motifs is 2. The Kier molecular flexibility index (Phi) is 7.82. The molecule has 2 aromatic rings. The highest BCUT2D eigenvalue weighted by molar-refractivity contribution is 7.89. The molecule has 0 saturated carbocycles. The summed E-state index contributed by atoms with van der Waals surface area (Å²) in [6, 6.07) is 10.8. The van der Waals surface area contributed by atoms with E-state index in [-0.39, 0.29) is 60.2 Å². The Morgan fingerprint density at radius 3 is 2.38 bits per heavy atom. The van der Waals surface area contributed by atoms with Crippen LogP contribution in [0.2, 0.25) is 0 Å². The standard InChI is InChI=1S/C28H36N4O7S/c33-27(24-16-26(39-30-24)25-10-13-37-25)29-21-14-22-6-7-23(15-21)32(22)40(35,36)18-20-8-11-31(12-9-20)28(34)38-17-19-4-2-1-3-5-19/h1-5,16,20-23,25H,6-15,17-18H2,(H,29,33)/t21?,22-,23+,25?. The van der Waals surface area contributed by atoms with Gasteiger partial charge in [-0.2, -0.15) is 4.31 Å². The first-order chi connectivity index (χ1) is 19.4. The van der Waals surface area contributed by atoms with Crippen LogP contribution in [-0.2, 0) is 26.1 Å². The van der Waals surface area contributed by atoms with Gasteiger partial charge in [-0.25, -0.2) is 13.2 Å². The van der Waals surface area contributed by atoms with E-state index >= 15 is 0 Å². The van der Waals surface area contributed by atoms with E-state index in [1.54, 1.807) is 15.3 Å². The topological polar surface area (TPSA) is 131 Å². The summed E-state index contributed by atoms with van der Waals surface area (Å²) in [5.74, 6) is 0.354. The monoisotopic (exact) mass is 572 g/mol. The fourth-order valence-electron chi connectivity index (χ4n) is 6.45. The Morgan fingerprint density at radius 2 is 1.73 bits per heavy atom. The van der Waals surface area contributed by atoms with Gasteiger partial charge in [0.05, 0.1) is 12.4 Å². The number of carbonyl (C=O) groups is 2. The van der Waals surface area contributed by atoms with Crippen LogP contribution in [0.15, 0.2) is 40.9 Å². The molecule has 4 fully saturated rings. The molecule has 2 bridgehead atoms. The normalized spacial score (nSPS) is 27.2. The quantitative estimate of drug-likeness (QED) is 0.510. The molecule has 4 aliphatic heterocycles. The van der Waals surface area contributed by atoms with Crippen LogP contribution in [0.3, 0.4) is 0 Å². The van der Waals surface area contributed by atoms with Crippen LogP contribution in [0.4, 0.5) is 4.79 Å². The Labute approximate surface area is 234 Å². The van der Waals surface area contributed by atoms with Gasteiger partial charge in [0.2, 0.25) is 10.0 Å². The highest BCUT2D eigenvalue weighted by Gasteiger charge is 2.47. The minimum Gasteiger partial charge on any atom is -0.445 e. The summed E-state index contributed by atoms with van der Waals surface area (Å²) in [7, 11) is -3.46. The van der Waals surface area contributed by atoms with E-state index in [4.69, 9.17) is 14.0 Å². The zero-order valence-electron chi connectivity index (χ0n) is 22.4. The molecular formula is C28H36N4O7S. The summed E-state index contributed by atoms with van der Waals surface area (Å²) in [5, 5.41) is 6.93. The number of sulfonamides is 1. The van der Waals surface area contributed by atoms with Crippen molar-refractivity contribution in [2.75, 3.05) is 25.4 Å². The highest BCUT2D eigenvalue weighted by Crippen LogP contribution is 2.39. The number of likely N-dealkylation sites (tertiary alicyclic amines) is 1. The third kappa shape index (κ3) is 5.89. The number of nitrogens with zero attached hydrogens (tertiary/aromatic N) is 3. The molecule has 4 aliphatic rings. The molecule has 0 aliphatic carbocycles. The van der Waals surface area contributed by atoms with Crippen LogP contribution in [0.25, 0.3) is 0 Å². The molecule has 0 spiro atoms. The SMILES string of the molecule is O=C(NC1C[C@H]2CC[C@@H](C1)N2S(=O)(=O)CC1CCN(C(=O)OCc2ccccc2)CC1)c1cc(C2CCO2)on1. The van der Waals surface area contributed by atoms with Crippen molar-refractivity contribution < 1.29 is 32.0 Å². The van der Waals surface area contributed by atoms with E-state index in [9.17, 15) is 18.0 Å². The molecule has 40 heavy (non-hydrogen) atoms. The summed E-state index contributed by atoms with van der Waals surface area (Å²) in [6.45, 7) is 1.89. The number of carbonyl (C=O) groups excluding carboxylic acids is 2. The molecule has 2 unspecified atom stereocenters. The van der Waals surface area contributed by atoms with Crippen molar-refractivity contribution in [3.63, 3.8) is 0 Å². The molecule has 4 atom stereocenters. The van der Waals surface area contributed by atoms with E-state index in [2.05, 4.69) is 10.5 Å². The van der Waals surface area contributed by atoms with Gasteiger partial charge in [0.25, 0.3) is 5.91 Å². The van der Waals surface area contributed by atoms with Crippen LogP contribution in [0.1, 0.15) is 72.9 Å². The predicted octanol–water partition coefficient (Wildman–Crippen LogP) is 3.24. The van der Waals surface area contributed by atoms with Crippen molar-refractivity contribution in [1.82, 2.24) is 19.7 Å². The lowest BCUT2D eigenvalue weighted by molar-refractivity contribution is -0.0670. The smallest absolute Gasteiger partial charge is 0.410 e. The van der Waals surface area contributed by atoms with Crippen LogP contribution in [0.5, 0.6) is 0 Å². The van der Waals surface area contributed by atoms with Crippen LogP contribution < -0.4 is 5.32 Å². The fourth-order valence-corrected chi connectivity index (χ4v) is 8.84. The van der Waals surface area contributed by atoms with Gasteiger partial charge in [0.15, 0.2) is 11.5 Å². The van der Waals surface area contributed by atoms with Crippen molar-refractivity contribution in [3.8, 4) is 0 Å². The summed E-state index contributed by atoms with van der Waals surface area (Å²) in [4.78, 5) is 26.9. The number of amides is 2. The number of hydrogen-bond acceptors (Lipinski definition) is 8. The first kappa shape index (κ1) is 27.2. The molecule has 12 heteroatoms. The van der Waals surface area contributed by atoms with Crippen molar-refractivity contribution >= 4 is 22.0 Å². The second kappa shape index (κ2) is 11.5. The van der Waals surface area contributed by atoms with Crippen molar-refractivity contribution in [3.05, 3.63) is 53.4 Å². The second-order valence-corrected chi connectivity index (χ2v) is 13.3. The number of ether oxygens (including phenoxy) is 2. The maximum Gasteiger partial charge on any atom is 0.410 e. The van der Waals surface area contributed by atoms with Gasteiger partial charge in [-0.3, -0.25) is 4.79 Å². The minimum absolute atomic E-state index is 0.000933. The molecule has 0 radical (unpaired) electrons. The number of hydrogen-bond donors (Lipinski definition) is 1. The molecule has 11 nitrogen and oxygen atoms in total. The fraction of sp³-hybridized carbons (Fsp3) is 0.607. The highest BCUT2D eigenvalue weighted by atomic mass is 32.2. The Balaban J connectivity index is 0.975. The zero-order valence-corrected chi connectivity index (χ0v) is 23.3. The van der Waals surface area contributed by atoms with E-state index in [1.807, 2.05) is 30.3 Å². The summed E-state index contributed by atoms with van der Waals surface area (Å²) < 4.78 is 44.9. The largest absolute Gasteiger partial charge is 0.445 e. The first-order valence-corrected chi connectivity index (χ1v) is 15.8. The van der Waals surface area contributed by atoms with Crippen molar-refractivity contribution in [2.24, 2.45) is 5.92 Å². The van der Waals surface area contributed by atoms with E-state index in [0.717, 1.165) is 24.8 Å². The Morgan fingerprint density at radius 1 is 1.02 bits per heavy atom. The molecule has 6 rings (SSSR count). The molecule has 1 aromatic heterocycles. The number of benzene rings is 1. The van der Waals surface area contributed by atoms with Crippen LogP contribution in [0, 0.1) is 5.92 Å².